The number of hydrogen-bond acceptors (Lipinski definition) is 3. The molecule has 0 saturated carbocycles. The molecule has 0 bridgehead atoms. The first kappa shape index (κ1) is 25.7. The maximum atomic E-state index is 14.3. The van der Waals surface area contributed by atoms with Crippen LogP contribution in [-0.4, -0.2) is 41.6 Å². The van der Waals surface area contributed by atoms with E-state index in [2.05, 4.69) is 29.0 Å². The fourth-order valence-electron chi connectivity index (χ4n) is 5.69. The Morgan fingerprint density at radius 2 is 1.52 bits per heavy atom. The first-order chi connectivity index (χ1) is 19.6. The number of anilines is 1. The van der Waals surface area contributed by atoms with Crippen molar-refractivity contribution >= 4 is 22.5 Å². The average molecular weight is 534 g/mol. The molecule has 6 heteroatoms. The standard InChI is InChI=1S/C34H32FN3O2/c1-36-24-30(28-14-5-7-16-32(28)36)29(25-10-9-13-27(22-25)40-26-11-3-2-4-12-26)23-34(39)38-20-18-37(19-21-38)33-17-8-6-15-31(33)35/h2-17,22,24,29H,18-21,23H2,1H3. The van der Waals surface area contributed by atoms with E-state index in [4.69, 9.17) is 4.74 Å². The number of ether oxygens (including phenoxy) is 1. The predicted octanol–water partition coefficient (Wildman–Crippen LogP) is 6.98. The topological polar surface area (TPSA) is 37.7 Å². The van der Waals surface area contributed by atoms with Gasteiger partial charge in [0.2, 0.25) is 5.91 Å². The number of para-hydroxylation sites is 3. The zero-order chi connectivity index (χ0) is 27.5. The lowest BCUT2D eigenvalue weighted by Crippen LogP contribution is -2.49. The normalized spacial score (nSPS) is 14.3. The monoisotopic (exact) mass is 533 g/mol. The van der Waals surface area contributed by atoms with Crippen LogP contribution in [-0.2, 0) is 11.8 Å². The van der Waals surface area contributed by atoms with E-state index in [9.17, 15) is 9.18 Å². The van der Waals surface area contributed by atoms with Crippen molar-refractivity contribution < 1.29 is 13.9 Å². The molecule has 1 atom stereocenters. The number of amides is 1. The van der Waals surface area contributed by atoms with Crippen molar-refractivity contribution in [3.63, 3.8) is 0 Å². The summed E-state index contributed by atoms with van der Waals surface area (Å²) in [5, 5.41) is 1.14. The van der Waals surface area contributed by atoms with Crippen LogP contribution in [0.1, 0.15) is 23.5 Å². The van der Waals surface area contributed by atoms with Crippen molar-refractivity contribution in [1.29, 1.82) is 0 Å². The minimum absolute atomic E-state index is 0.0977. The summed E-state index contributed by atoms with van der Waals surface area (Å²) in [4.78, 5) is 17.7. The van der Waals surface area contributed by atoms with Crippen LogP contribution in [0.5, 0.6) is 11.5 Å². The molecular formula is C34H32FN3O2. The summed E-state index contributed by atoms with van der Waals surface area (Å²) in [6.45, 7) is 2.33. The summed E-state index contributed by atoms with van der Waals surface area (Å²) in [7, 11) is 2.04. The second-order valence-corrected chi connectivity index (χ2v) is 10.3. The van der Waals surface area contributed by atoms with Gasteiger partial charge in [-0.05, 0) is 53.6 Å². The molecular weight excluding hydrogens is 501 g/mol. The quantitative estimate of drug-likeness (QED) is 0.227. The lowest BCUT2D eigenvalue weighted by Gasteiger charge is -2.36. The number of rotatable bonds is 7. The van der Waals surface area contributed by atoms with Crippen molar-refractivity contribution in [3.05, 3.63) is 126 Å². The number of fused-ring (bicyclic) bond motifs is 1. The van der Waals surface area contributed by atoms with Gasteiger partial charge in [0.1, 0.15) is 17.3 Å². The highest BCUT2D eigenvalue weighted by molar-refractivity contribution is 5.86. The molecule has 5 aromatic rings. The summed E-state index contributed by atoms with van der Waals surface area (Å²) in [6, 6.07) is 32.9. The fourth-order valence-corrected chi connectivity index (χ4v) is 5.69. The van der Waals surface area contributed by atoms with E-state index >= 15 is 0 Å². The SMILES string of the molecule is Cn1cc(C(CC(=O)N2CCN(c3ccccc3F)CC2)c2cccc(Oc3ccccc3)c2)c2ccccc21. The van der Waals surface area contributed by atoms with E-state index in [1.165, 1.54) is 6.07 Å². The van der Waals surface area contributed by atoms with Crippen molar-refractivity contribution in [3.8, 4) is 11.5 Å². The van der Waals surface area contributed by atoms with Crippen LogP contribution in [0, 0.1) is 5.82 Å². The smallest absolute Gasteiger partial charge is 0.223 e. The number of carbonyl (C=O) groups excluding carboxylic acids is 1. The molecule has 0 N–H and O–H groups in total. The molecule has 0 radical (unpaired) electrons. The van der Waals surface area contributed by atoms with Crippen LogP contribution in [0.3, 0.4) is 0 Å². The Kier molecular flexibility index (Phi) is 7.23. The van der Waals surface area contributed by atoms with E-state index in [1.54, 1.807) is 12.1 Å². The second kappa shape index (κ2) is 11.3. The number of hydrogen-bond donors (Lipinski definition) is 0. The van der Waals surface area contributed by atoms with Crippen LogP contribution >= 0.6 is 0 Å². The van der Waals surface area contributed by atoms with E-state index in [-0.39, 0.29) is 17.6 Å². The lowest BCUT2D eigenvalue weighted by atomic mass is 9.87. The Morgan fingerprint density at radius 1 is 0.825 bits per heavy atom. The Hall–Kier alpha value is -4.58. The van der Waals surface area contributed by atoms with E-state index in [0.717, 1.165) is 33.5 Å². The van der Waals surface area contributed by atoms with Crippen molar-refractivity contribution in [2.24, 2.45) is 7.05 Å². The minimum Gasteiger partial charge on any atom is -0.457 e. The molecule has 1 amide bonds. The zero-order valence-corrected chi connectivity index (χ0v) is 22.5. The second-order valence-electron chi connectivity index (χ2n) is 10.3. The summed E-state index contributed by atoms with van der Waals surface area (Å²) < 4.78 is 22.6. The number of halogens is 1. The third kappa shape index (κ3) is 5.30. The molecule has 40 heavy (non-hydrogen) atoms. The van der Waals surface area contributed by atoms with E-state index in [0.29, 0.717) is 38.3 Å². The molecule has 0 aliphatic carbocycles. The number of aryl methyl sites for hydroxylation is 1. The van der Waals surface area contributed by atoms with Gasteiger partial charge in [0.15, 0.2) is 0 Å². The van der Waals surface area contributed by atoms with Gasteiger partial charge in [-0.1, -0.05) is 60.7 Å². The highest BCUT2D eigenvalue weighted by atomic mass is 19.1. The fraction of sp³-hybridized carbons (Fsp3) is 0.206. The molecule has 1 aromatic heterocycles. The average Bonchev–Trinajstić information content (AvgIpc) is 3.33. The van der Waals surface area contributed by atoms with Gasteiger partial charge in [0, 0.05) is 62.7 Å². The van der Waals surface area contributed by atoms with Crippen LogP contribution in [0.25, 0.3) is 10.9 Å². The summed E-state index contributed by atoms with van der Waals surface area (Å²) >= 11 is 0. The molecule has 6 rings (SSSR count). The number of benzene rings is 4. The molecule has 1 fully saturated rings. The van der Waals surface area contributed by atoms with Gasteiger partial charge in [-0.25, -0.2) is 4.39 Å². The van der Waals surface area contributed by atoms with Gasteiger partial charge in [0.05, 0.1) is 5.69 Å². The van der Waals surface area contributed by atoms with E-state index < -0.39 is 0 Å². The van der Waals surface area contributed by atoms with Crippen LogP contribution in [0.4, 0.5) is 10.1 Å². The van der Waals surface area contributed by atoms with E-state index in [1.807, 2.05) is 83.6 Å². The largest absolute Gasteiger partial charge is 0.457 e. The van der Waals surface area contributed by atoms with Gasteiger partial charge in [-0.15, -0.1) is 0 Å². The summed E-state index contributed by atoms with van der Waals surface area (Å²) in [5.41, 5.74) is 3.88. The highest BCUT2D eigenvalue weighted by Gasteiger charge is 2.28. The predicted molar refractivity (Wildman–Crippen MR) is 158 cm³/mol. The Bertz CT molecular complexity index is 1620. The van der Waals surface area contributed by atoms with Gasteiger partial charge < -0.3 is 19.1 Å². The zero-order valence-electron chi connectivity index (χ0n) is 22.5. The Balaban J connectivity index is 1.27. The first-order valence-corrected chi connectivity index (χ1v) is 13.7. The first-order valence-electron chi connectivity index (χ1n) is 13.7. The summed E-state index contributed by atoms with van der Waals surface area (Å²) in [5.74, 6) is 1.23. The van der Waals surface area contributed by atoms with Crippen molar-refractivity contribution in [2.75, 3.05) is 31.1 Å². The molecule has 1 unspecified atom stereocenters. The maximum absolute atomic E-state index is 14.3. The van der Waals surface area contributed by atoms with Gasteiger partial charge in [-0.3, -0.25) is 4.79 Å². The van der Waals surface area contributed by atoms with Crippen molar-refractivity contribution in [2.45, 2.75) is 12.3 Å². The number of piperazine rings is 1. The van der Waals surface area contributed by atoms with Gasteiger partial charge in [0.25, 0.3) is 0 Å². The summed E-state index contributed by atoms with van der Waals surface area (Å²) in [6.07, 6.45) is 2.48. The van der Waals surface area contributed by atoms with Gasteiger partial charge in [-0.2, -0.15) is 0 Å². The number of aromatic nitrogens is 1. The minimum atomic E-state index is -0.226. The van der Waals surface area contributed by atoms with Gasteiger partial charge >= 0.3 is 0 Å². The molecule has 4 aromatic carbocycles. The number of carbonyl (C=O) groups is 1. The molecule has 5 nitrogen and oxygen atoms in total. The third-order valence-electron chi connectivity index (χ3n) is 7.75. The Morgan fingerprint density at radius 3 is 2.33 bits per heavy atom. The Labute approximate surface area is 234 Å². The number of nitrogens with zero attached hydrogens (tertiary/aromatic N) is 3. The molecule has 2 heterocycles. The molecule has 1 saturated heterocycles. The maximum Gasteiger partial charge on any atom is 0.223 e. The molecule has 0 spiro atoms. The lowest BCUT2D eigenvalue weighted by molar-refractivity contribution is -0.131. The molecule has 1 aliphatic heterocycles. The van der Waals surface area contributed by atoms with Crippen LogP contribution in [0.15, 0.2) is 109 Å². The third-order valence-corrected chi connectivity index (χ3v) is 7.75. The van der Waals surface area contributed by atoms with Crippen molar-refractivity contribution in [1.82, 2.24) is 9.47 Å². The molecule has 1 aliphatic rings. The molecule has 202 valence electrons. The van der Waals surface area contributed by atoms with Crippen LogP contribution in [0.2, 0.25) is 0 Å². The highest BCUT2D eigenvalue weighted by Crippen LogP contribution is 2.37. The van der Waals surface area contributed by atoms with Crippen LogP contribution < -0.4 is 9.64 Å².